The zero-order valence-corrected chi connectivity index (χ0v) is 8.98. The van der Waals surface area contributed by atoms with Gasteiger partial charge in [0.2, 0.25) is 0 Å². The lowest BCUT2D eigenvalue weighted by atomic mass is 9.86. The van der Waals surface area contributed by atoms with Crippen molar-refractivity contribution in [1.82, 2.24) is 4.90 Å². The molecule has 0 bridgehead atoms. The molecule has 1 N–H and O–H groups in total. The number of rotatable bonds is 1. The molecule has 1 amide bonds. The van der Waals surface area contributed by atoms with Gasteiger partial charge in [0.25, 0.3) is 5.91 Å². The molecule has 0 aromatic carbocycles. The minimum Gasteiger partial charge on any atom is -0.391 e. The van der Waals surface area contributed by atoms with Crippen LogP contribution in [0.15, 0.2) is 12.2 Å². The highest BCUT2D eigenvalue weighted by molar-refractivity contribution is 5.88. The minimum atomic E-state index is -0.527. The monoisotopic (exact) mass is 211 g/mol. The lowest BCUT2D eigenvalue weighted by molar-refractivity contribution is -0.181. The van der Waals surface area contributed by atoms with E-state index in [1.807, 2.05) is 0 Å². The van der Waals surface area contributed by atoms with Crippen molar-refractivity contribution in [3.05, 3.63) is 12.2 Å². The summed E-state index contributed by atoms with van der Waals surface area (Å²) >= 11 is 0. The minimum absolute atomic E-state index is 0.00839. The molecule has 0 aromatic rings. The fourth-order valence-corrected chi connectivity index (χ4v) is 2.46. The van der Waals surface area contributed by atoms with Gasteiger partial charge in [0, 0.05) is 13.7 Å². The third kappa shape index (κ3) is 1.68. The average Bonchev–Trinajstić information content (AvgIpc) is 2.18. The number of fused-ring (bicyclic) bond motifs is 1. The number of nitrogens with zero attached hydrogens (tertiary/aromatic N) is 1. The molecule has 0 radical (unpaired) electrons. The van der Waals surface area contributed by atoms with Crippen molar-refractivity contribution >= 4 is 5.91 Å². The van der Waals surface area contributed by atoms with Gasteiger partial charge in [-0.3, -0.25) is 4.79 Å². The molecule has 0 saturated carbocycles. The zero-order chi connectivity index (χ0) is 11.0. The molecule has 2 fully saturated rings. The van der Waals surface area contributed by atoms with E-state index in [4.69, 9.17) is 4.74 Å². The van der Waals surface area contributed by atoms with Crippen molar-refractivity contribution in [3.63, 3.8) is 0 Å². The number of aliphatic hydroxyl groups is 1. The van der Waals surface area contributed by atoms with Gasteiger partial charge in [-0.25, -0.2) is 0 Å². The molecule has 3 atom stereocenters. The molecule has 15 heavy (non-hydrogen) atoms. The molecule has 0 unspecified atom stereocenters. The van der Waals surface area contributed by atoms with E-state index in [1.165, 1.54) is 7.11 Å². The van der Waals surface area contributed by atoms with E-state index in [9.17, 15) is 9.90 Å². The topological polar surface area (TPSA) is 49.8 Å². The molecular formula is C11H17NO3. The van der Waals surface area contributed by atoms with Gasteiger partial charge in [-0.2, -0.15) is 0 Å². The maximum absolute atomic E-state index is 11.6. The Morgan fingerprint density at radius 2 is 2.33 bits per heavy atom. The lowest BCUT2D eigenvalue weighted by Gasteiger charge is -2.49. The van der Waals surface area contributed by atoms with Crippen LogP contribution in [-0.4, -0.2) is 47.8 Å². The van der Waals surface area contributed by atoms with E-state index < -0.39 is 12.2 Å². The standard InChI is InChI=1S/C11H17NO3/c1-7-4-3-5-12-9(8(13)6-7)10(15-2)11(12)14/h8-10,13H,1,3-6H2,2H3/t8-,9+,10-/m1/s1. The van der Waals surface area contributed by atoms with Gasteiger partial charge in [-0.1, -0.05) is 12.2 Å². The molecule has 0 aliphatic carbocycles. The first-order chi connectivity index (χ1) is 7.15. The van der Waals surface area contributed by atoms with Crippen LogP contribution in [0.3, 0.4) is 0 Å². The third-order valence-corrected chi connectivity index (χ3v) is 3.27. The Kier molecular flexibility index (Phi) is 2.80. The van der Waals surface area contributed by atoms with Crippen molar-refractivity contribution in [2.24, 2.45) is 0 Å². The van der Waals surface area contributed by atoms with Crippen LogP contribution in [0.5, 0.6) is 0 Å². The van der Waals surface area contributed by atoms with Gasteiger partial charge >= 0.3 is 0 Å². The molecular weight excluding hydrogens is 194 g/mol. The summed E-state index contributed by atoms with van der Waals surface area (Å²) in [5, 5.41) is 9.96. The number of ether oxygens (including phenoxy) is 1. The average molecular weight is 211 g/mol. The first kappa shape index (κ1) is 10.6. The Hall–Kier alpha value is -0.870. The smallest absolute Gasteiger partial charge is 0.254 e. The second-order valence-corrected chi connectivity index (χ2v) is 4.30. The number of hydrogen-bond donors (Lipinski definition) is 1. The van der Waals surface area contributed by atoms with Crippen molar-refractivity contribution in [2.75, 3.05) is 13.7 Å². The fourth-order valence-electron chi connectivity index (χ4n) is 2.46. The van der Waals surface area contributed by atoms with E-state index >= 15 is 0 Å². The summed E-state index contributed by atoms with van der Waals surface area (Å²) in [6, 6.07) is -0.167. The third-order valence-electron chi connectivity index (χ3n) is 3.27. The molecule has 0 spiro atoms. The van der Waals surface area contributed by atoms with E-state index in [0.717, 1.165) is 18.4 Å². The Morgan fingerprint density at radius 1 is 1.60 bits per heavy atom. The van der Waals surface area contributed by atoms with Crippen LogP contribution < -0.4 is 0 Å². The number of aliphatic hydroxyl groups excluding tert-OH is 1. The van der Waals surface area contributed by atoms with Gasteiger partial charge in [0.05, 0.1) is 12.1 Å². The van der Waals surface area contributed by atoms with E-state index in [-0.39, 0.29) is 11.9 Å². The number of carbonyl (C=O) groups excluding carboxylic acids is 1. The quantitative estimate of drug-likeness (QED) is 0.502. The summed E-state index contributed by atoms with van der Waals surface area (Å²) in [6.07, 6.45) is 1.43. The van der Waals surface area contributed by atoms with Gasteiger partial charge in [0.15, 0.2) is 6.10 Å². The molecule has 2 saturated heterocycles. The van der Waals surface area contributed by atoms with E-state index in [2.05, 4.69) is 6.58 Å². The van der Waals surface area contributed by atoms with E-state index in [1.54, 1.807) is 4.90 Å². The maximum Gasteiger partial charge on any atom is 0.254 e. The zero-order valence-electron chi connectivity index (χ0n) is 8.98. The van der Waals surface area contributed by atoms with Crippen LogP contribution in [-0.2, 0) is 9.53 Å². The SMILES string of the molecule is C=C1CCCN2C(=O)[C@H](OC)[C@@H]2[C@H](O)C1. The van der Waals surface area contributed by atoms with Gasteiger partial charge in [-0.05, 0) is 19.3 Å². The molecule has 84 valence electrons. The van der Waals surface area contributed by atoms with E-state index in [0.29, 0.717) is 13.0 Å². The molecule has 0 aromatic heterocycles. The second-order valence-electron chi connectivity index (χ2n) is 4.30. The lowest BCUT2D eigenvalue weighted by Crippen LogP contribution is -2.70. The second kappa shape index (κ2) is 3.94. The number of hydrogen-bond acceptors (Lipinski definition) is 3. The van der Waals surface area contributed by atoms with Crippen molar-refractivity contribution in [3.8, 4) is 0 Å². The summed E-state index contributed by atoms with van der Waals surface area (Å²) in [6.45, 7) is 4.62. The number of methoxy groups -OCH3 is 1. The summed E-state index contributed by atoms with van der Waals surface area (Å²) < 4.78 is 5.09. The molecule has 4 heteroatoms. The summed E-state index contributed by atoms with van der Waals surface area (Å²) in [5.41, 5.74) is 1.07. The summed E-state index contributed by atoms with van der Waals surface area (Å²) in [5.74, 6) is 0.00839. The summed E-state index contributed by atoms with van der Waals surface area (Å²) in [4.78, 5) is 13.3. The number of amides is 1. The molecule has 2 heterocycles. The Bertz CT molecular complexity index is 290. The van der Waals surface area contributed by atoms with Crippen LogP contribution in [0.1, 0.15) is 19.3 Å². The highest BCUT2D eigenvalue weighted by Crippen LogP contribution is 2.31. The van der Waals surface area contributed by atoms with Crippen molar-refractivity contribution < 1.29 is 14.6 Å². The highest BCUT2D eigenvalue weighted by atomic mass is 16.5. The van der Waals surface area contributed by atoms with Gasteiger partial charge in [0.1, 0.15) is 0 Å². The van der Waals surface area contributed by atoms with Crippen molar-refractivity contribution in [1.29, 1.82) is 0 Å². The first-order valence-corrected chi connectivity index (χ1v) is 5.33. The number of carbonyl (C=O) groups is 1. The van der Waals surface area contributed by atoms with Crippen LogP contribution in [0.2, 0.25) is 0 Å². The normalized spacial score (nSPS) is 36.7. The predicted octanol–water partition coefficient (Wildman–Crippen LogP) is 0.313. The molecule has 2 rings (SSSR count). The maximum atomic E-state index is 11.6. The highest BCUT2D eigenvalue weighted by Gasteiger charge is 2.51. The predicted molar refractivity (Wildman–Crippen MR) is 55.3 cm³/mol. The van der Waals surface area contributed by atoms with Crippen LogP contribution in [0.4, 0.5) is 0 Å². The van der Waals surface area contributed by atoms with Gasteiger partial charge < -0.3 is 14.7 Å². The van der Waals surface area contributed by atoms with Crippen LogP contribution >= 0.6 is 0 Å². The van der Waals surface area contributed by atoms with Gasteiger partial charge in [-0.15, -0.1) is 0 Å². The Morgan fingerprint density at radius 3 is 3.00 bits per heavy atom. The van der Waals surface area contributed by atoms with Crippen LogP contribution in [0, 0.1) is 0 Å². The first-order valence-electron chi connectivity index (χ1n) is 5.33. The summed E-state index contributed by atoms with van der Waals surface area (Å²) in [7, 11) is 1.51. The fraction of sp³-hybridized carbons (Fsp3) is 0.727. The Balaban J connectivity index is 2.11. The van der Waals surface area contributed by atoms with Crippen LogP contribution in [0.25, 0.3) is 0 Å². The van der Waals surface area contributed by atoms with Crippen molar-refractivity contribution in [2.45, 2.75) is 37.5 Å². The largest absolute Gasteiger partial charge is 0.391 e. The molecule has 2 aliphatic rings. The molecule has 2 aliphatic heterocycles. The Labute approximate surface area is 89.5 Å². The molecule has 4 nitrogen and oxygen atoms in total. The number of β-lactam (4-membered cyclic amide) rings is 1.